The number of likely N-dealkylation sites (tertiary alicyclic amines) is 1. The van der Waals surface area contributed by atoms with Crippen molar-refractivity contribution in [3.8, 4) is 0 Å². The molecule has 3 rings (SSSR count). The van der Waals surface area contributed by atoms with Crippen LogP contribution in [0.1, 0.15) is 73.6 Å². The minimum absolute atomic E-state index is 0.288. The third kappa shape index (κ3) is 6.47. The average Bonchev–Trinajstić information content (AvgIpc) is 3.12. The largest absolute Gasteiger partial charge is 0.324 e. The number of carbonyl (C=O) groups excluding carboxylic acids is 1. The third-order valence-electron chi connectivity index (χ3n) is 5.78. The van der Waals surface area contributed by atoms with Crippen LogP contribution in [0.4, 0.5) is 4.79 Å². The highest BCUT2D eigenvalue weighted by molar-refractivity contribution is 5.74. The molecule has 0 radical (unpaired) electrons. The fourth-order valence-electron chi connectivity index (χ4n) is 4.19. The lowest BCUT2D eigenvalue weighted by Crippen LogP contribution is -2.55. The highest BCUT2D eigenvalue weighted by Gasteiger charge is 2.31. The van der Waals surface area contributed by atoms with Crippen LogP contribution in [-0.4, -0.2) is 66.0 Å². The first-order chi connectivity index (χ1) is 12.1. The quantitative estimate of drug-likeness (QED) is 0.683. The summed E-state index contributed by atoms with van der Waals surface area (Å²) in [6.07, 6.45) is 6.66. The zero-order valence-corrected chi connectivity index (χ0v) is 17.8. The van der Waals surface area contributed by atoms with Crippen molar-refractivity contribution < 1.29 is 4.79 Å². The molecule has 0 aromatic heterocycles. The van der Waals surface area contributed by atoms with Gasteiger partial charge in [-0.1, -0.05) is 41.5 Å². The second-order valence-corrected chi connectivity index (χ2v) is 7.56. The molecule has 1 saturated carbocycles. The van der Waals surface area contributed by atoms with E-state index in [1.54, 1.807) is 0 Å². The summed E-state index contributed by atoms with van der Waals surface area (Å²) >= 11 is 0. The van der Waals surface area contributed by atoms with Gasteiger partial charge >= 0.3 is 6.03 Å². The van der Waals surface area contributed by atoms with Gasteiger partial charge in [-0.05, 0) is 43.9 Å². The molecular formula is C21H43N3O. The summed E-state index contributed by atoms with van der Waals surface area (Å²) in [6, 6.07) is 1.07. The highest BCUT2D eigenvalue weighted by Crippen LogP contribution is 2.28. The molecule has 0 bridgehead atoms. The Hall–Kier alpha value is -0.770. The van der Waals surface area contributed by atoms with E-state index in [1.807, 2.05) is 27.7 Å². The van der Waals surface area contributed by atoms with E-state index in [0.717, 1.165) is 51.2 Å². The molecule has 0 unspecified atom stereocenters. The predicted octanol–water partition coefficient (Wildman–Crippen LogP) is 4.70. The van der Waals surface area contributed by atoms with E-state index >= 15 is 0 Å². The molecule has 25 heavy (non-hydrogen) atoms. The molecule has 1 aliphatic carbocycles. The Morgan fingerprint density at radius 3 is 1.72 bits per heavy atom. The Kier molecular flexibility index (Phi) is 10.5. The molecule has 2 heterocycles. The van der Waals surface area contributed by atoms with Gasteiger partial charge < -0.3 is 9.80 Å². The fourth-order valence-corrected chi connectivity index (χ4v) is 4.19. The van der Waals surface area contributed by atoms with Crippen LogP contribution in [0.3, 0.4) is 0 Å². The van der Waals surface area contributed by atoms with Crippen LogP contribution < -0.4 is 0 Å². The summed E-state index contributed by atoms with van der Waals surface area (Å²) in [7, 11) is 0. The van der Waals surface area contributed by atoms with Crippen molar-refractivity contribution >= 4 is 6.03 Å². The number of hydrogen-bond acceptors (Lipinski definition) is 2. The van der Waals surface area contributed by atoms with E-state index in [9.17, 15) is 4.79 Å². The first-order valence-electron chi connectivity index (χ1n) is 10.9. The maximum atomic E-state index is 12.5. The van der Waals surface area contributed by atoms with Gasteiger partial charge in [0.15, 0.2) is 0 Å². The van der Waals surface area contributed by atoms with Crippen molar-refractivity contribution in [1.29, 1.82) is 0 Å². The summed E-state index contributed by atoms with van der Waals surface area (Å²) in [5.74, 6) is 1.60. The lowest BCUT2D eigenvalue weighted by Gasteiger charge is -2.42. The Bertz CT molecular complexity index is 358. The summed E-state index contributed by atoms with van der Waals surface area (Å²) in [5, 5.41) is 0. The summed E-state index contributed by atoms with van der Waals surface area (Å²) in [5.41, 5.74) is 0. The van der Waals surface area contributed by atoms with Crippen molar-refractivity contribution in [1.82, 2.24) is 14.7 Å². The minimum atomic E-state index is 0.288. The Morgan fingerprint density at radius 1 is 0.680 bits per heavy atom. The van der Waals surface area contributed by atoms with E-state index in [2.05, 4.69) is 28.5 Å². The predicted molar refractivity (Wildman–Crippen MR) is 108 cm³/mol. The monoisotopic (exact) mass is 353 g/mol. The molecule has 4 heteroatoms. The second kappa shape index (κ2) is 11.8. The maximum Gasteiger partial charge on any atom is 0.320 e. The van der Waals surface area contributed by atoms with Crippen LogP contribution in [-0.2, 0) is 0 Å². The first-order valence-corrected chi connectivity index (χ1v) is 10.9. The van der Waals surface area contributed by atoms with Crippen LogP contribution in [0.15, 0.2) is 0 Å². The van der Waals surface area contributed by atoms with E-state index in [0.29, 0.717) is 5.92 Å². The smallest absolute Gasteiger partial charge is 0.320 e. The highest BCUT2D eigenvalue weighted by atomic mass is 16.2. The molecule has 148 valence electrons. The lowest BCUT2D eigenvalue weighted by atomic mass is 9.86. The Balaban J connectivity index is 0.000000730. The lowest BCUT2D eigenvalue weighted by molar-refractivity contribution is 0.0743. The van der Waals surface area contributed by atoms with Gasteiger partial charge in [-0.25, -0.2) is 4.79 Å². The van der Waals surface area contributed by atoms with E-state index in [4.69, 9.17) is 0 Å². The van der Waals surface area contributed by atoms with Crippen LogP contribution in [0, 0.1) is 11.8 Å². The molecule has 4 nitrogen and oxygen atoms in total. The van der Waals surface area contributed by atoms with Gasteiger partial charge in [0.2, 0.25) is 0 Å². The van der Waals surface area contributed by atoms with Crippen LogP contribution >= 0.6 is 0 Å². The molecular weight excluding hydrogens is 310 g/mol. The molecule has 3 aliphatic rings. The molecule has 2 amide bonds. The Morgan fingerprint density at radius 2 is 1.24 bits per heavy atom. The molecule has 1 atom stereocenters. The first kappa shape index (κ1) is 22.3. The van der Waals surface area contributed by atoms with Gasteiger partial charge in [-0.15, -0.1) is 0 Å². The third-order valence-corrected chi connectivity index (χ3v) is 5.78. The number of urea groups is 1. The van der Waals surface area contributed by atoms with Crippen molar-refractivity contribution in [3.05, 3.63) is 0 Å². The molecule has 2 saturated heterocycles. The van der Waals surface area contributed by atoms with E-state index in [1.165, 1.54) is 32.1 Å². The second-order valence-electron chi connectivity index (χ2n) is 7.56. The average molecular weight is 354 g/mol. The zero-order chi connectivity index (χ0) is 18.8. The minimum Gasteiger partial charge on any atom is -0.324 e. The van der Waals surface area contributed by atoms with Crippen molar-refractivity contribution in [2.75, 3.05) is 39.3 Å². The SMILES string of the molecule is CC.CC.CC1CCC(N2CCN(C(=O)N3CC[C@H](C)C3)CC2)CC1. The number of carbonyl (C=O) groups is 1. The normalized spacial score (nSPS) is 30.1. The van der Waals surface area contributed by atoms with E-state index < -0.39 is 0 Å². The van der Waals surface area contributed by atoms with Crippen LogP contribution in [0.5, 0.6) is 0 Å². The van der Waals surface area contributed by atoms with Crippen LogP contribution in [0.25, 0.3) is 0 Å². The summed E-state index contributed by atoms with van der Waals surface area (Å²) < 4.78 is 0. The van der Waals surface area contributed by atoms with Crippen molar-refractivity contribution in [2.24, 2.45) is 11.8 Å². The van der Waals surface area contributed by atoms with Gasteiger partial charge in [0.25, 0.3) is 0 Å². The van der Waals surface area contributed by atoms with Gasteiger partial charge in [-0.2, -0.15) is 0 Å². The van der Waals surface area contributed by atoms with E-state index in [-0.39, 0.29) is 6.03 Å². The molecule has 3 fully saturated rings. The standard InChI is InChI=1S/C17H31N3O.2C2H6/c1-14-3-5-16(6-4-14)18-9-11-19(12-10-18)17(21)20-8-7-15(2)13-20;2*1-2/h14-16H,3-13H2,1-2H3;2*1-2H3/t14?,15-,16?;;/m0../s1. The van der Waals surface area contributed by atoms with Gasteiger partial charge in [0.05, 0.1) is 0 Å². The molecule has 0 aromatic carbocycles. The fraction of sp³-hybridized carbons (Fsp3) is 0.952. The maximum absolute atomic E-state index is 12.5. The molecule has 0 spiro atoms. The van der Waals surface area contributed by atoms with Crippen molar-refractivity contribution in [2.45, 2.75) is 79.7 Å². The van der Waals surface area contributed by atoms with Gasteiger partial charge in [0.1, 0.15) is 0 Å². The number of piperazine rings is 1. The summed E-state index contributed by atoms with van der Waals surface area (Å²) in [6.45, 7) is 18.5. The van der Waals surface area contributed by atoms with Crippen LogP contribution in [0.2, 0.25) is 0 Å². The number of hydrogen-bond donors (Lipinski definition) is 0. The van der Waals surface area contributed by atoms with Crippen molar-refractivity contribution in [3.63, 3.8) is 0 Å². The Labute approximate surface area is 156 Å². The number of nitrogens with zero attached hydrogens (tertiary/aromatic N) is 3. The molecule has 0 N–H and O–H groups in total. The molecule has 2 aliphatic heterocycles. The number of amides is 2. The van der Waals surface area contributed by atoms with Gasteiger partial charge in [0, 0.05) is 45.3 Å². The summed E-state index contributed by atoms with van der Waals surface area (Å²) in [4.78, 5) is 19.3. The van der Waals surface area contributed by atoms with Gasteiger partial charge in [-0.3, -0.25) is 4.90 Å². The zero-order valence-electron chi connectivity index (χ0n) is 17.8. The molecule has 0 aromatic rings. The topological polar surface area (TPSA) is 26.8 Å². The number of rotatable bonds is 1.